The van der Waals surface area contributed by atoms with Gasteiger partial charge in [0.1, 0.15) is 11.8 Å². The van der Waals surface area contributed by atoms with Crippen LogP contribution in [0.5, 0.6) is 0 Å². The van der Waals surface area contributed by atoms with Crippen LogP contribution in [0, 0.1) is 11.3 Å². The first kappa shape index (κ1) is 10.1. The van der Waals surface area contributed by atoms with E-state index in [1.54, 1.807) is 11.8 Å². The lowest BCUT2D eigenvalue weighted by atomic mass is 10.1. The molecule has 0 fully saturated rings. The Balaban J connectivity index is 2.29. The number of aliphatic imine (C=N–C) groups is 1. The molecule has 0 radical (unpaired) electrons. The average molecular weight is 236 g/mol. The molecular formula is C14H8N2S. The summed E-state index contributed by atoms with van der Waals surface area (Å²) in [5.41, 5.74) is 2.26. The van der Waals surface area contributed by atoms with Crippen LogP contribution in [-0.4, -0.2) is 5.71 Å². The lowest BCUT2D eigenvalue weighted by Crippen LogP contribution is -1.96. The Morgan fingerprint density at radius 3 is 2.47 bits per heavy atom. The molecule has 1 heterocycles. The number of rotatable bonds is 0. The zero-order valence-corrected chi connectivity index (χ0v) is 9.74. The van der Waals surface area contributed by atoms with E-state index < -0.39 is 0 Å². The minimum absolute atomic E-state index is 0.484. The maximum absolute atomic E-state index is 9.20. The molecule has 0 bridgehead atoms. The quantitative estimate of drug-likeness (QED) is 0.697. The molecule has 1 aliphatic rings. The Hall–Kier alpha value is -2.05. The molecule has 0 spiro atoms. The zero-order valence-electron chi connectivity index (χ0n) is 8.92. The van der Waals surface area contributed by atoms with Gasteiger partial charge in [-0.3, -0.25) is 0 Å². The van der Waals surface area contributed by atoms with Crippen molar-refractivity contribution in [1.82, 2.24) is 0 Å². The summed E-state index contributed by atoms with van der Waals surface area (Å²) < 4.78 is 0. The van der Waals surface area contributed by atoms with Crippen molar-refractivity contribution in [2.45, 2.75) is 9.79 Å². The molecule has 3 rings (SSSR count). The Bertz CT molecular complexity index is 653. The summed E-state index contributed by atoms with van der Waals surface area (Å²) in [4.78, 5) is 6.60. The van der Waals surface area contributed by atoms with Crippen molar-refractivity contribution in [1.29, 1.82) is 5.26 Å². The maximum atomic E-state index is 9.20. The van der Waals surface area contributed by atoms with Gasteiger partial charge in [0.2, 0.25) is 0 Å². The Morgan fingerprint density at radius 1 is 0.941 bits per heavy atom. The van der Waals surface area contributed by atoms with E-state index in [1.807, 2.05) is 48.5 Å². The fourth-order valence-electron chi connectivity index (χ4n) is 1.77. The van der Waals surface area contributed by atoms with E-state index >= 15 is 0 Å². The van der Waals surface area contributed by atoms with Crippen molar-refractivity contribution in [2.75, 3.05) is 0 Å². The molecular weight excluding hydrogens is 228 g/mol. The summed E-state index contributed by atoms with van der Waals surface area (Å²) in [7, 11) is 0. The SMILES string of the molecule is N#CC1=Nc2ccccc2Sc2ccccc21. The minimum atomic E-state index is 0.484. The van der Waals surface area contributed by atoms with Crippen LogP contribution in [-0.2, 0) is 0 Å². The lowest BCUT2D eigenvalue weighted by molar-refractivity contribution is 1.38. The maximum Gasteiger partial charge on any atom is 0.149 e. The van der Waals surface area contributed by atoms with E-state index in [1.165, 1.54) is 0 Å². The van der Waals surface area contributed by atoms with Crippen LogP contribution in [0.25, 0.3) is 0 Å². The van der Waals surface area contributed by atoms with Crippen LogP contribution in [0.2, 0.25) is 0 Å². The van der Waals surface area contributed by atoms with E-state index in [0.29, 0.717) is 5.71 Å². The van der Waals surface area contributed by atoms with Crippen molar-refractivity contribution in [3.05, 3.63) is 54.1 Å². The van der Waals surface area contributed by atoms with Gasteiger partial charge in [-0.1, -0.05) is 42.1 Å². The van der Waals surface area contributed by atoms with Crippen molar-refractivity contribution >= 4 is 23.2 Å². The first-order chi connectivity index (χ1) is 8.38. The van der Waals surface area contributed by atoms with Crippen LogP contribution in [0.1, 0.15) is 5.56 Å². The second kappa shape index (κ2) is 4.08. The molecule has 0 aliphatic carbocycles. The standard InChI is InChI=1S/C14H8N2S/c15-9-12-10-5-1-3-7-13(10)17-14-8-4-2-6-11(14)16-12/h1-8H. The highest BCUT2D eigenvalue weighted by atomic mass is 32.2. The number of nitrogens with zero attached hydrogens (tertiary/aromatic N) is 2. The normalized spacial score (nSPS) is 12.8. The van der Waals surface area contributed by atoms with Crippen LogP contribution < -0.4 is 0 Å². The molecule has 0 atom stereocenters. The summed E-state index contributed by atoms with van der Waals surface area (Å²) in [6, 6.07) is 17.9. The molecule has 2 aromatic carbocycles. The molecule has 0 saturated heterocycles. The fraction of sp³-hybridized carbons (Fsp3) is 0. The molecule has 2 nitrogen and oxygen atoms in total. The zero-order chi connectivity index (χ0) is 11.7. The Kier molecular flexibility index (Phi) is 2.43. The number of benzene rings is 2. The first-order valence-electron chi connectivity index (χ1n) is 5.23. The highest BCUT2D eigenvalue weighted by Gasteiger charge is 2.15. The lowest BCUT2D eigenvalue weighted by Gasteiger charge is -2.03. The van der Waals surface area contributed by atoms with Crippen LogP contribution in [0.3, 0.4) is 0 Å². The number of para-hydroxylation sites is 1. The van der Waals surface area contributed by atoms with Crippen LogP contribution in [0.4, 0.5) is 5.69 Å². The second-order valence-corrected chi connectivity index (χ2v) is 4.72. The monoisotopic (exact) mass is 236 g/mol. The van der Waals surface area contributed by atoms with Crippen molar-refractivity contribution in [3.63, 3.8) is 0 Å². The van der Waals surface area contributed by atoms with E-state index in [2.05, 4.69) is 11.1 Å². The highest BCUT2D eigenvalue weighted by molar-refractivity contribution is 7.99. The van der Waals surface area contributed by atoms with Gasteiger partial charge in [-0.15, -0.1) is 0 Å². The topological polar surface area (TPSA) is 36.1 Å². The average Bonchev–Trinajstić information content (AvgIpc) is 2.54. The van der Waals surface area contributed by atoms with Gasteiger partial charge in [-0.25, -0.2) is 4.99 Å². The van der Waals surface area contributed by atoms with Gasteiger partial charge in [0.05, 0.1) is 5.69 Å². The van der Waals surface area contributed by atoms with E-state index in [-0.39, 0.29) is 0 Å². The predicted octanol–water partition coefficient (Wildman–Crippen LogP) is 3.80. The van der Waals surface area contributed by atoms with Crippen molar-refractivity contribution < 1.29 is 0 Å². The number of hydrogen-bond donors (Lipinski definition) is 0. The summed E-state index contributed by atoms with van der Waals surface area (Å²) in [5.74, 6) is 0. The summed E-state index contributed by atoms with van der Waals surface area (Å²) >= 11 is 1.66. The molecule has 0 saturated carbocycles. The molecule has 80 valence electrons. The first-order valence-corrected chi connectivity index (χ1v) is 6.05. The van der Waals surface area contributed by atoms with Gasteiger partial charge in [0, 0.05) is 15.4 Å². The molecule has 0 unspecified atom stereocenters. The summed E-state index contributed by atoms with van der Waals surface area (Å²) in [6.45, 7) is 0. The van der Waals surface area contributed by atoms with Gasteiger partial charge < -0.3 is 0 Å². The highest BCUT2D eigenvalue weighted by Crippen LogP contribution is 2.39. The summed E-state index contributed by atoms with van der Waals surface area (Å²) in [5, 5.41) is 9.20. The number of hydrogen-bond acceptors (Lipinski definition) is 3. The fourth-order valence-corrected chi connectivity index (χ4v) is 2.79. The third kappa shape index (κ3) is 1.73. The Morgan fingerprint density at radius 2 is 1.65 bits per heavy atom. The van der Waals surface area contributed by atoms with Gasteiger partial charge in [0.25, 0.3) is 0 Å². The van der Waals surface area contributed by atoms with Crippen LogP contribution in [0.15, 0.2) is 63.3 Å². The van der Waals surface area contributed by atoms with E-state index in [0.717, 1.165) is 21.0 Å². The molecule has 17 heavy (non-hydrogen) atoms. The van der Waals surface area contributed by atoms with E-state index in [4.69, 9.17) is 0 Å². The molecule has 0 aromatic heterocycles. The van der Waals surface area contributed by atoms with Crippen LogP contribution >= 0.6 is 11.8 Å². The number of fused-ring (bicyclic) bond motifs is 2. The van der Waals surface area contributed by atoms with Gasteiger partial charge >= 0.3 is 0 Å². The molecule has 2 aromatic rings. The van der Waals surface area contributed by atoms with E-state index in [9.17, 15) is 5.26 Å². The molecule has 3 heteroatoms. The second-order valence-electron chi connectivity index (χ2n) is 3.64. The molecule has 0 amide bonds. The van der Waals surface area contributed by atoms with Crippen molar-refractivity contribution in [2.24, 2.45) is 4.99 Å². The Labute approximate surface area is 104 Å². The van der Waals surface area contributed by atoms with Gasteiger partial charge in [-0.05, 0) is 18.2 Å². The van der Waals surface area contributed by atoms with Crippen molar-refractivity contribution in [3.8, 4) is 6.07 Å². The predicted molar refractivity (Wildman–Crippen MR) is 68.8 cm³/mol. The van der Waals surface area contributed by atoms with Gasteiger partial charge in [0.15, 0.2) is 0 Å². The molecule has 1 aliphatic heterocycles. The molecule has 0 N–H and O–H groups in total. The number of nitriles is 1. The largest absolute Gasteiger partial charge is 0.236 e. The van der Waals surface area contributed by atoms with Gasteiger partial charge in [-0.2, -0.15) is 5.26 Å². The smallest absolute Gasteiger partial charge is 0.149 e. The third-order valence-electron chi connectivity index (χ3n) is 2.57. The third-order valence-corrected chi connectivity index (χ3v) is 3.71. The minimum Gasteiger partial charge on any atom is -0.236 e. The summed E-state index contributed by atoms with van der Waals surface area (Å²) in [6.07, 6.45) is 0.